The zero-order valence-electron chi connectivity index (χ0n) is 8.41. The van der Waals surface area contributed by atoms with Crippen molar-refractivity contribution in [1.82, 2.24) is 0 Å². The third kappa shape index (κ3) is 2.11. The highest BCUT2D eigenvalue weighted by atomic mass is 16.3. The first-order valence-electron chi connectivity index (χ1n) is 4.58. The molecule has 0 heterocycles. The van der Waals surface area contributed by atoms with Gasteiger partial charge in [0.1, 0.15) is 5.75 Å². The Kier molecular flexibility index (Phi) is 3.13. The smallest absolute Gasteiger partial charge is 0.119 e. The number of phenolic OH excluding ortho intramolecular Hbond substituents is 1. The Balaban J connectivity index is 3.12. The molecule has 0 aromatic heterocycles. The van der Waals surface area contributed by atoms with Crippen LogP contribution in [0.3, 0.4) is 0 Å². The van der Waals surface area contributed by atoms with Crippen LogP contribution in [0.1, 0.15) is 30.9 Å². The molecule has 0 aliphatic carbocycles. The van der Waals surface area contributed by atoms with E-state index in [0.717, 1.165) is 11.1 Å². The second-order valence-electron chi connectivity index (χ2n) is 3.32. The summed E-state index contributed by atoms with van der Waals surface area (Å²) in [6.07, 6.45) is 4.10. The van der Waals surface area contributed by atoms with Crippen LogP contribution >= 0.6 is 0 Å². The molecule has 1 rings (SSSR count). The molecule has 1 nitrogen and oxygen atoms in total. The number of hydrogen-bond acceptors (Lipinski definition) is 1. The molecule has 0 aliphatic heterocycles. The third-order valence-electron chi connectivity index (χ3n) is 2.24. The molecule has 0 saturated carbocycles. The molecule has 1 unspecified atom stereocenters. The van der Waals surface area contributed by atoms with Crippen molar-refractivity contribution in [1.29, 1.82) is 0 Å². The predicted molar refractivity (Wildman–Crippen MR) is 56.1 cm³/mol. The van der Waals surface area contributed by atoms with E-state index in [1.54, 1.807) is 6.07 Å². The first-order valence-corrected chi connectivity index (χ1v) is 4.58. The Morgan fingerprint density at radius 2 is 2.08 bits per heavy atom. The highest BCUT2D eigenvalue weighted by Crippen LogP contribution is 2.29. The fourth-order valence-corrected chi connectivity index (χ4v) is 1.64. The minimum atomic E-state index is 0.284. The number of phenols is 1. The quantitative estimate of drug-likeness (QED) is 0.685. The summed E-state index contributed by atoms with van der Waals surface area (Å²) in [6.45, 7) is 6.10. The normalized spacial score (nSPS) is 13.5. The molecule has 0 amide bonds. The molecule has 0 fully saturated rings. The van der Waals surface area contributed by atoms with Crippen molar-refractivity contribution in [3.8, 4) is 5.75 Å². The topological polar surface area (TPSA) is 20.2 Å². The van der Waals surface area contributed by atoms with Crippen LogP contribution in [0, 0.1) is 6.92 Å². The van der Waals surface area contributed by atoms with Gasteiger partial charge in [-0.15, -0.1) is 0 Å². The molecule has 1 heteroatoms. The molecule has 70 valence electrons. The second kappa shape index (κ2) is 4.13. The maximum absolute atomic E-state index is 9.65. The third-order valence-corrected chi connectivity index (χ3v) is 2.24. The molecule has 0 radical (unpaired) electrons. The van der Waals surface area contributed by atoms with Crippen LogP contribution in [0.5, 0.6) is 5.75 Å². The van der Waals surface area contributed by atoms with Crippen LogP contribution in [0.15, 0.2) is 30.4 Å². The van der Waals surface area contributed by atoms with Crippen LogP contribution < -0.4 is 0 Å². The van der Waals surface area contributed by atoms with Crippen molar-refractivity contribution in [3.05, 3.63) is 41.5 Å². The second-order valence-corrected chi connectivity index (χ2v) is 3.32. The van der Waals surface area contributed by atoms with Gasteiger partial charge in [0.05, 0.1) is 0 Å². The lowest BCUT2D eigenvalue weighted by Gasteiger charge is -2.12. The SMILES string of the molecule is C/C=C/C(C)c1c(C)cccc1O. The van der Waals surface area contributed by atoms with Crippen LogP contribution in [0.4, 0.5) is 0 Å². The number of hydrogen-bond donors (Lipinski definition) is 1. The Labute approximate surface area is 79.7 Å². The van der Waals surface area contributed by atoms with Gasteiger partial charge in [0.15, 0.2) is 0 Å². The molecule has 0 bridgehead atoms. The fraction of sp³-hybridized carbons (Fsp3) is 0.333. The zero-order chi connectivity index (χ0) is 9.84. The molecule has 1 atom stereocenters. The van der Waals surface area contributed by atoms with E-state index >= 15 is 0 Å². The molecule has 13 heavy (non-hydrogen) atoms. The van der Waals surface area contributed by atoms with Crippen molar-refractivity contribution in [2.24, 2.45) is 0 Å². The van der Waals surface area contributed by atoms with E-state index < -0.39 is 0 Å². The van der Waals surface area contributed by atoms with E-state index in [-0.39, 0.29) is 5.92 Å². The van der Waals surface area contributed by atoms with Gasteiger partial charge in [-0.05, 0) is 25.5 Å². The number of aromatic hydroxyl groups is 1. The zero-order valence-corrected chi connectivity index (χ0v) is 8.41. The Hall–Kier alpha value is -1.24. The lowest BCUT2D eigenvalue weighted by atomic mass is 9.95. The van der Waals surface area contributed by atoms with Gasteiger partial charge >= 0.3 is 0 Å². The summed E-state index contributed by atoms with van der Waals surface area (Å²) < 4.78 is 0. The van der Waals surface area contributed by atoms with E-state index in [1.165, 1.54) is 0 Å². The van der Waals surface area contributed by atoms with Gasteiger partial charge in [-0.2, -0.15) is 0 Å². The standard InChI is InChI=1S/C12H16O/c1-4-6-9(2)12-10(3)7-5-8-11(12)13/h4-9,13H,1-3H3/b6-4+. The molecule has 1 aromatic rings. The summed E-state index contributed by atoms with van der Waals surface area (Å²) in [6, 6.07) is 5.63. The molecular weight excluding hydrogens is 160 g/mol. The largest absolute Gasteiger partial charge is 0.508 e. The van der Waals surface area contributed by atoms with Gasteiger partial charge in [-0.3, -0.25) is 0 Å². The van der Waals surface area contributed by atoms with E-state index in [9.17, 15) is 5.11 Å². The summed E-state index contributed by atoms with van der Waals surface area (Å²) in [5.74, 6) is 0.678. The fourth-order valence-electron chi connectivity index (χ4n) is 1.64. The lowest BCUT2D eigenvalue weighted by molar-refractivity contribution is 0.466. The molecule has 0 aliphatic rings. The van der Waals surface area contributed by atoms with Crippen LogP contribution in [-0.2, 0) is 0 Å². The highest BCUT2D eigenvalue weighted by molar-refractivity contribution is 5.42. The summed E-state index contributed by atoms with van der Waals surface area (Å²) in [5, 5.41) is 9.65. The van der Waals surface area contributed by atoms with E-state index in [4.69, 9.17) is 0 Å². The maximum atomic E-state index is 9.65. The van der Waals surface area contributed by atoms with Crippen LogP contribution in [-0.4, -0.2) is 5.11 Å². The first kappa shape index (κ1) is 9.85. The summed E-state index contributed by atoms with van der Waals surface area (Å²) in [7, 11) is 0. The van der Waals surface area contributed by atoms with Crippen molar-refractivity contribution in [2.75, 3.05) is 0 Å². The molecule has 1 aromatic carbocycles. The molecule has 0 saturated heterocycles. The minimum Gasteiger partial charge on any atom is -0.508 e. The highest BCUT2D eigenvalue weighted by Gasteiger charge is 2.09. The van der Waals surface area contributed by atoms with Crippen LogP contribution in [0.25, 0.3) is 0 Å². The Bertz CT molecular complexity index is 293. The summed E-state index contributed by atoms with van der Waals surface area (Å²) >= 11 is 0. The van der Waals surface area contributed by atoms with Crippen molar-refractivity contribution >= 4 is 0 Å². The van der Waals surface area contributed by atoms with Gasteiger partial charge < -0.3 is 5.11 Å². The number of benzene rings is 1. The summed E-state index contributed by atoms with van der Waals surface area (Å²) in [5.41, 5.74) is 2.17. The van der Waals surface area contributed by atoms with E-state index in [2.05, 4.69) is 13.0 Å². The monoisotopic (exact) mass is 176 g/mol. The lowest BCUT2D eigenvalue weighted by Crippen LogP contribution is -1.93. The minimum absolute atomic E-state index is 0.284. The van der Waals surface area contributed by atoms with Gasteiger partial charge in [-0.1, -0.05) is 31.2 Å². The van der Waals surface area contributed by atoms with Crippen LogP contribution in [0.2, 0.25) is 0 Å². The first-order chi connectivity index (χ1) is 6.16. The van der Waals surface area contributed by atoms with E-state index in [0.29, 0.717) is 5.75 Å². The van der Waals surface area contributed by atoms with Crippen molar-refractivity contribution in [3.63, 3.8) is 0 Å². The Morgan fingerprint density at radius 1 is 1.38 bits per heavy atom. The van der Waals surface area contributed by atoms with Gasteiger partial charge in [0.25, 0.3) is 0 Å². The van der Waals surface area contributed by atoms with Crippen molar-refractivity contribution < 1.29 is 5.11 Å². The molecular formula is C12H16O. The Morgan fingerprint density at radius 3 is 2.62 bits per heavy atom. The molecule has 0 spiro atoms. The maximum Gasteiger partial charge on any atom is 0.119 e. The average molecular weight is 176 g/mol. The molecule has 1 N–H and O–H groups in total. The number of allylic oxidation sites excluding steroid dienone is 2. The number of aryl methyl sites for hydroxylation is 1. The van der Waals surface area contributed by atoms with Crippen molar-refractivity contribution in [2.45, 2.75) is 26.7 Å². The van der Waals surface area contributed by atoms with Gasteiger partial charge in [-0.25, -0.2) is 0 Å². The van der Waals surface area contributed by atoms with E-state index in [1.807, 2.05) is 32.1 Å². The predicted octanol–water partition coefficient (Wildman–Crippen LogP) is 3.38. The van der Waals surface area contributed by atoms with Gasteiger partial charge in [0.2, 0.25) is 0 Å². The average Bonchev–Trinajstić information content (AvgIpc) is 2.04. The number of rotatable bonds is 2. The van der Waals surface area contributed by atoms with Gasteiger partial charge in [0, 0.05) is 11.5 Å². The summed E-state index contributed by atoms with van der Waals surface area (Å²) in [4.78, 5) is 0.